The molecule has 38 heavy (non-hydrogen) atoms. The van der Waals surface area contributed by atoms with Gasteiger partial charge in [0.2, 0.25) is 5.95 Å². The van der Waals surface area contributed by atoms with E-state index in [0.717, 1.165) is 66.5 Å². The summed E-state index contributed by atoms with van der Waals surface area (Å²) in [4.78, 5) is 10.9. The SMILES string of the molecule is CCCCNc1nc(N)nc(C)c1Cc1ccc(OCCCN(C)C)cc1OC.COCc1ccccc1. The second kappa shape index (κ2) is 17.2. The molecule has 0 atom stereocenters. The van der Waals surface area contributed by atoms with E-state index in [4.69, 9.17) is 19.9 Å². The summed E-state index contributed by atoms with van der Waals surface area (Å²) in [6.45, 7) is 7.37. The van der Waals surface area contributed by atoms with Gasteiger partial charge in [0.05, 0.1) is 20.3 Å². The molecule has 0 aliphatic heterocycles. The number of aryl methyl sites for hydroxylation is 1. The molecule has 8 heteroatoms. The standard InChI is InChI=1S/C22H35N5O2.C8H10O/c1-6-7-11-24-21-19(16(2)25-22(23)26-21)14-17-9-10-18(15-20(17)28-5)29-13-8-12-27(3)4;1-9-7-8-5-3-2-4-6-8/h9-10,15H,6-8,11-14H2,1-5H3,(H3,23,24,25,26);2-6H,7H2,1H3. The lowest BCUT2D eigenvalue weighted by atomic mass is 10.0. The number of aromatic nitrogens is 2. The maximum atomic E-state index is 5.87. The van der Waals surface area contributed by atoms with Crippen LogP contribution in [0.25, 0.3) is 0 Å². The van der Waals surface area contributed by atoms with Crippen molar-refractivity contribution in [3.05, 3.63) is 70.9 Å². The zero-order valence-corrected chi connectivity index (χ0v) is 23.9. The van der Waals surface area contributed by atoms with Crippen molar-refractivity contribution in [3.63, 3.8) is 0 Å². The van der Waals surface area contributed by atoms with Gasteiger partial charge in [-0.15, -0.1) is 0 Å². The highest BCUT2D eigenvalue weighted by Crippen LogP contribution is 2.30. The fourth-order valence-corrected chi connectivity index (χ4v) is 3.82. The van der Waals surface area contributed by atoms with Gasteiger partial charge in [0.1, 0.15) is 17.3 Å². The van der Waals surface area contributed by atoms with Crippen molar-refractivity contribution < 1.29 is 14.2 Å². The minimum absolute atomic E-state index is 0.290. The Morgan fingerprint density at radius 2 is 1.76 bits per heavy atom. The summed E-state index contributed by atoms with van der Waals surface area (Å²) >= 11 is 0. The van der Waals surface area contributed by atoms with Crippen LogP contribution in [-0.2, 0) is 17.8 Å². The molecule has 208 valence electrons. The number of nitrogen functional groups attached to an aromatic ring is 1. The van der Waals surface area contributed by atoms with E-state index >= 15 is 0 Å². The largest absolute Gasteiger partial charge is 0.496 e. The Hall–Kier alpha value is -3.36. The number of benzene rings is 2. The number of nitrogens with one attached hydrogen (secondary N) is 1. The van der Waals surface area contributed by atoms with Gasteiger partial charge < -0.3 is 30.2 Å². The molecule has 3 N–H and O–H groups in total. The van der Waals surface area contributed by atoms with Crippen LogP contribution in [0.5, 0.6) is 11.5 Å². The van der Waals surface area contributed by atoms with E-state index in [-0.39, 0.29) is 0 Å². The molecular weight excluding hydrogens is 478 g/mol. The second-order valence-electron chi connectivity index (χ2n) is 9.35. The summed E-state index contributed by atoms with van der Waals surface area (Å²) < 4.78 is 16.4. The molecule has 3 aromatic rings. The van der Waals surface area contributed by atoms with Crippen LogP contribution in [0.2, 0.25) is 0 Å². The topological polar surface area (TPSA) is 94.8 Å². The van der Waals surface area contributed by atoms with E-state index < -0.39 is 0 Å². The Balaban J connectivity index is 0.000000474. The van der Waals surface area contributed by atoms with E-state index in [9.17, 15) is 0 Å². The predicted molar refractivity (Wildman–Crippen MR) is 156 cm³/mol. The molecule has 0 radical (unpaired) electrons. The number of nitrogens with two attached hydrogens (primary N) is 1. The molecule has 1 aromatic heterocycles. The monoisotopic (exact) mass is 523 g/mol. The van der Waals surface area contributed by atoms with Gasteiger partial charge in [-0.05, 0) is 51.1 Å². The molecule has 0 bridgehead atoms. The zero-order chi connectivity index (χ0) is 27.8. The molecule has 0 spiro atoms. The molecule has 0 amide bonds. The van der Waals surface area contributed by atoms with E-state index in [2.05, 4.69) is 41.2 Å². The van der Waals surface area contributed by atoms with Gasteiger partial charge >= 0.3 is 0 Å². The summed E-state index contributed by atoms with van der Waals surface area (Å²) in [5.74, 6) is 2.70. The summed E-state index contributed by atoms with van der Waals surface area (Å²) in [5, 5.41) is 3.41. The number of methoxy groups -OCH3 is 2. The van der Waals surface area contributed by atoms with Crippen molar-refractivity contribution >= 4 is 11.8 Å². The smallest absolute Gasteiger partial charge is 0.222 e. The fourth-order valence-electron chi connectivity index (χ4n) is 3.82. The molecule has 0 unspecified atom stereocenters. The second-order valence-corrected chi connectivity index (χ2v) is 9.35. The first-order valence-electron chi connectivity index (χ1n) is 13.2. The Morgan fingerprint density at radius 3 is 2.42 bits per heavy atom. The molecule has 3 rings (SSSR count). The zero-order valence-electron chi connectivity index (χ0n) is 23.9. The maximum absolute atomic E-state index is 5.87. The third-order valence-corrected chi connectivity index (χ3v) is 5.85. The number of nitrogens with zero attached hydrogens (tertiary/aromatic N) is 3. The summed E-state index contributed by atoms with van der Waals surface area (Å²) in [6.07, 6.45) is 3.83. The molecule has 0 saturated heterocycles. The number of rotatable bonds is 14. The minimum atomic E-state index is 0.290. The molecule has 0 aliphatic rings. The van der Waals surface area contributed by atoms with Crippen LogP contribution in [0.4, 0.5) is 11.8 Å². The molecule has 2 aromatic carbocycles. The Bertz CT molecular complexity index is 1080. The lowest BCUT2D eigenvalue weighted by Crippen LogP contribution is -2.15. The third kappa shape index (κ3) is 10.9. The fraction of sp³-hybridized carbons (Fsp3) is 0.467. The predicted octanol–water partition coefficient (Wildman–Crippen LogP) is 5.34. The first kappa shape index (κ1) is 30.9. The number of ether oxygens (including phenoxy) is 3. The summed E-state index contributed by atoms with van der Waals surface area (Å²) in [7, 11) is 7.51. The molecule has 1 heterocycles. The first-order chi connectivity index (χ1) is 18.4. The van der Waals surface area contributed by atoms with Crippen molar-refractivity contribution in [1.29, 1.82) is 0 Å². The molecule has 0 aliphatic carbocycles. The van der Waals surface area contributed by atoms with Crippen molar-refractivity contribution in [1.82, 2.24) is 14.9 Å². The first-order valence-corrected chi connectivity index (χ1v) is 13.2. The van der Waals surface area contributed by atoms with Crippen LogP contribution < -0.4 is 20.5 Å². The summed E-state index contributed by atoms with van der Waals surface area (Å²) in [6, 6.07) is 16.1. The number of anilines is 2. The minimum Gasteiger partial charge on any atom is -0.496 e. The van der Waals surface area contributed by atoms with Gasteiger partial charge in [0.15, 0.2) is 0 Å². The van der Waals surface area contributed by atoms with Crippen molar-refractivity contribution in [2.45, 2.75) is 46.1 Å². The maximum Gasteiger partial charge on any atom is 0.222 e. The molecule has 8 nitrogen and oxygen atoms in total. The van der Waals surface area contributed by atoms with E-state index in [1.165, 1.54) is 5.56 Å². The average molecular weight is 524 g/mol. The highest BCUT2D eigenvalue weighted by molar-refractivity contribution is 5.53. The third-order valence-electron chi connectivity index (χ3n) is 5.85. The Morgan fingerprint density at radius 1 is 1.00 bits per heavy atom. The van der Waals surface area contributed by atoms with Crippen LogP contribution in [0.3, 0.4) is 0 Å². The van der Waals surface area contributed by atoms with Gasteiger partial charge in [-0.2, -0.15) is 4.98 Å². The average Bonchev–Trinajstić information content (AvgIpc) is 2.90. The molecule has 0 saturated carbocycles. The molecule has 0 fully saturated rings. The van der Waals surface area contributed by atoms with Crippen LogP contribution in [0, 0.1) is 6.92 Å². The van der Waals surface area contributed by atoms with Gasteiger partial charge in [0, 0.05) is 43.9 Å². The number of hydrogen-bond donors (Lipinski definition) is 2. The van der Waals surface area contributed by atoms with Gasteiger partial charge in [-0.3, -0.25) is 0 Å². The van der Waals surface area contributed by atoms with Crippen molar-refractivity contribution in [2.75, 3.05) is 59.1 Å². The van der Waals surface area contributed by atoms with Gasteiger partial charge in [0.25, 0.3) is 0 Å². The van der Waals surface area contributed by atoms with E-state index in [0.29, 0.717) is 25.6 Å². The van der Waals surface area contributed by atoms with Crippen LogP contribution >= 0.6 is 0 Å². The Kier molecular flexibility index (Phi) is 14.0. The highest BCUT2D eigenvalue weighted by atomic mass is 16.5. The summed E-state index contributed by atoms with van der Waals surface area (Å²) in [5.41, 5.74) is 10.1. The number of unbranched alkanes of at least 4 members (excludes halogenated alkanes) is 1. The van der Waals surface area contributed by atoms with Crippen LogP contribution in [-0.4, -0.2) is 62.9 Å². The lowest BCUT2D eigenvalue weighted by Gasteiger charge is -2.16. The van der Waals surface area contributed by atoms with Crippen LogP contribution in [0.15, 0.2) is 48.5 Å². The van der Waals surface area contributed by atoms with E-state index in [1.807, 2.05) is 55.5 Å². The number of hydrogen-bond acceptors (Lipinski definition) is 8. The van der Waals surface area contributed by atoms with E-state index in [1.54, 1.807) is 14.2 Å². The normalized spacial score (nSPS) is 10.6. The Labute approximate surface area is 228 Å². The highest BCUT2D eigenvalue weighted by Gasteiger charge is 2.14. The lowest BCUT2D eigenvalue weighted by molar-refractivity contribution is 0.185. The molecular formula is C30H45N5O3. The quantitative estimate of drug-likeness (QED) is 0.273. The van der Waals surface area contributed by atoms with Crippen molar-refractivity contribution in [2.24, 2.45) is 0 Å². The van der Waals surface area contributed by atoms with Gasteiger partial charge in [-0.25, -0.2) is 4.98 Å². The van der Waals surface area contributed by atoms with Crippen LogP contribution in [0.1, 0.15) is 48.6 Å². The van der Waals surface area contributed by atoms with Gasteiger partial charge in [-0.1, -0.05) is 49.7 Å². The van der Waals surface area contributed by atoms with Crippen molar-refractivity contribution in [3.8, 4) is 11.5 Å².